The zero-order valence-electron chi connectivity index (χ0n) is 14.9. The highest BCUT2D eigenvalue weighted by Crippen LogP contribution is 2.14. The van der Waals surface area contributed by atoms with Crippen molar-refractivity contribution in [3.63, 3.8) is 0 Å². The highest BCUT2D eigenvalue weighted by atomic mass is 32.1. The van der Waals surface area contributed by atoms with Crippen LogP contribution in [0.1, 0.15) is 29.0 Å². The van der Waals surface area contributed by atoms with Gasteiger partial charge in [-0.2, -0.15) is 0 Å². The third-order valence-electron chi connectivity index (χ3n) is 4.74. The lowest BCUT2D eigenvalue weighted by atomic mass is 10.1. The summed E-state index contributed by atoms with van der Waals surface area (Å²) in [5.74, 6) is 0.0629. The number of hydrogen-bond donors (Lipinski definition) is 2. The Morgan fingerprint density at radius 3 is 2.77 bits per heavy atom. The quantitative estimate of drug-likeness (QED) is 0.818. The summed E-state index contributed by atoms with van der Waals surface area (Å²) in [6, 6.07) is 4.21. The van der Waals surface area contributed by atoms with Gasteiger partial charge in [-0.15, -0.1) is 11.3 Å². The maximum absolute atomic E-state index is 12.6. The molecule has 140 valence electrons. The van der Waals surface area contributed by atoms with E-state index in [9.17, 15) is 14.4 Å². The first kappa shape index (κ1) is 18.6. The number of aromatic nitrogens is 2. The molecule has 3 rings (SSSR count). The summed E-state index contributed by atoms with van der Waals surface area (Å²) in [7, 11) is 0. The fraction of sp³-hybridized carbons (Fsp3) is 0.500. The molecule has 2 aromatic rings. The van der Waals surface area contributed by atoms with Crippen LogP contribution in [0.4, 0.5) is 0 Å². The molecule has 0 aromatic carbocycles. The fourth-order valence-electron chi connectivity index (χ4n) is 3.32. The second-order valence-electron chi connectivity index (χ2n) is 6.60. The Bertz CT molecular complexity index is 856. The highest BCUT2D eigenvalue weighted by molar-refractivity contribution is 7.09. The van der Waals surface area contributed by atoms with E-state index in [-0.39, 0.29) is 12.3 Å². The van der Waals surface area contributed by atoms with Crippen molar-refractivity contribution in [3.8, 4) is 0 Å². The molecule has 7 nitrogen and oxygen atoms in total. The first-order valence-corrected chi connectivity index (χ1v) is 9.75. The normalized spacial score (nSPS) is 15.8. The lowest BCUT2D eigenvalue weighted by Gasteiger charge is -2.21. The molecule has 1 amide bonds. The van der Waals surface area contributed by atoms with Gasteiger partial charge in [0.05, 0.1) is 0 Å². The molecule has 1 saturated heterocycles. The van der Waals surface area contributed by atoms with Crippen LogP contribution in [0.2, 0.25) is 0 Å². The zero-order chi connectivity index (χ0) is 18.5. The van der Waals surface area contributed by atoms with Crippen LogP contribution in [-0.4, -0.2) is 51.9 Å². The average molecular weight is 376 g/mol. The van der Waals surface area contributed by atoms with Gasteiger partial charge in [-0.05, 0) is 31.2 Å². The molecule has 26 heavy (non-hydrogen) atoms. The van der Waals surface area contributed by atoms with Crippen molar-refractivity contribution < 1.29 is 4.79 Å². The Labute approximate surface area is 155 Å². The molecule has 0 bridgehead atoms. The number of carbonyl (C=O) groups excluding carboxylic acids is 1. The number of carbonyl (C=O) groups is 1. The summed E-state index contributed by atoms with van der Waals surface area (Å²) < 4.78 is 0. The molecule has 0 atom stereocenters. The molecule has 2 N–H and O–H groups in total. The van der Waals surface area contributed by atoms with Crippen molar-refractivity contribution in [3.05, 3.63) is 54.5 Å². The molecule has 0 unspecified atom stereocenters. The first-order chi connectivity index (χ1) is 12.5. The van der Waals surface area contributed by atoms with Gasteiger partial charge in [-0.3, -0.25) is 19.5 Å². The fourth-order valence-corrected chi connectivity index (χ4v) is 4.06. The monoisotopic (exact) mass is 376 g/mol. The summed E-state index contributed by atoms with van der Waals surface area (Å²) >= 11 is 1.76. The predicted octanol–water partition coefficient (Wildman–Crippen LogP) is 1.10. The van der Waals surface area contributed by atoms with Gasteiger partial charge in [0.25, 0.3) is 5.56 Å². The van der Waals surface area contributed by atoms with Gasteiger partial charge in [0, 0.05) is 55.3 Å². The van der Waals surface area contributed by atoms with E-state index in [4.69, 9.17) is 0 Å². The van der Waals surface area contributed by atoms with Gasteiger partial charge in [0.2, 0.25) is 5.91 Å². The van der Waals surface area contributed by atoms with Gasteiger partial charge in [0.1, 0.15) is 0 Å². The molecule has 3 heterocycles. The summed E-state index contributed by atoms with van der Waals surface area (Å²) in [5.41, 5.74) is 0.0922. The van der Waals surface area contributed by atoms with Crippen molar-refractivity contribution in [1.29, 1.82) is 0 Å². The van der Waals surface area contributed by atoms with E-state index in [1.54, 1.807) is 18.3 Å². The number of H-pyrrole nitrogens is 2. The summed E-state index contributed by atoms with van der Waals surface area (Å²) in [6.07, 6.45) is 1.57. The van der Waals surface area contributed by atoms with Gasteiger partial charge < -0.3 is 9.88 Å². The molecule has 8 heteroatoms. The highest BCUT2D eigenvalue weighted by Gasteiger charge is 2.20. The Balaban J connectivity index is 1.54. The number of aromatic amines is 2. The Kier molecular flexibility index (Phi) is 6.05. The van der Waals surface area contributed by atoms with Crippen LogP contribution in [0.15, 0.2) is 27.1 Å². The first-order valence-electron chi connectivity index (χ1n) is 8.87. The number of thiophene rings is 1. The van der Waals surface area contributed by atoms with Crippen molar-refractivity contribution in [2.45, 2.75) is 32.7 Å². The van der Waals surface area contributed by atoms with E-state index in [0.717, 1.165) is 32.6 Å². The van der Waals surface area contributed by atoms with Crippen LogP contribution < -0.4 is 11.2 Å². The SMILES string of the molecule is Cc1[nH]c(=O)[nH]c(=O)c1CCC(=O)N1CCCN(Cc2cccs2)CC1. The minimum absolute atomic E-state index is 0.0629. The molecular weight excluding hydrogens is 352 g/mol. The topological polar surface area (TPSA) is 89.3 Å². The predicted molar refractivity (Wildman–Crippen MR) is 102 cm³/mol. The van der Waals surface area contributed by atoms with Gasteiger partial charge in [-0.1, -0.05) is 6.07 Å². The Morgan fingerprint density at radius 2 is 2.04 bits per heavy atom. The summed E-state index contributed by atoms with van der Waals surface area (Å²) in [5, 5.41) is 2.09. The summed E-state index contributed by atoms with van der Waals surface area (Å²) in [4.78, 5) is 46.1. The van der Waals surface area contributed by atoms with E-state index >= 15 is 0 Å². The molecular formula is C18H24N4O3S. The molecule has 0 radical (unpaired) electrons. The van der Waals surface area contributed by atoms with Gasteiger partial charge in [0.15, 0.2) is 0 Å². The Hall–Kier alpha value is -2.19. The number of nitrogens with one attached hydrogen (secondary N) is 2. The van der Waals surface area contributed by atoms with Crippen molar-refractivity contribution in [2.75, 3.05) is 26.2 Å². The van der Waals surface area contributed by atoms with Crippen molar-refractivity contribution in [2.24, 2.45) is 0 Å². The average Bonchev–Trinajstić information content (AvgIpc) is 2.98. The van der Waals surface area contributed by atoms with Crippen LogP contribution in [0, 0.1) is 6.92 Å². The molecule has 0 spiro atoms. The molecule has 0 saturated carbocycles. The number of aryl methyl sites for hydroxylation is 1. The van der Waals surface area contributed by atoms with E-state index in [1.807, 2.05) is 4.90 Å². The smallest absolute Gasteiger partial charge is 0.325 e. The number of rotatable bonds is 5. The van der Waals surface area contributed by atoms with Crippen molar-refractivity contribution in [1.82, 2.24) is 19.8 Å². The third-order valence-corrected chi connectivity index (χ3v) is 5.61. The minimum Gasteiger partial charge on any atom is -0.341 e. The third kappa shape index (κ3) is 4.70. The molecule has 1 fully saturated rings. The second kappa shape index (κ2) is 8.46. The molecule has 0 aliphatic carbocycles. The van der Waals surface area contributed by atoms with Crippen LogP contribution in [0.5, 0.6) is 0 Å². The van der Waals surface area contributed by atoms with Crippen LogP contribution in [0.3, 0.4) is 0 Å². The van der Waals surface area contributed by atoms with Crippen LogP contribution >= 0.6 is 11.3 Å². The van der Waals surface area contributed by atoms with Crippen LogP contribution in [-0.2, 0) is 17.8 Å². The Morgan fingerprint density at radius 1 is 1.19 bits per heavy atom. The number of amides is 1. The lowest BCUT2D eigenvalue weighted by molar-refractivity contribution is -0.131. The zero-order valence-corrected chi connectivity index (χ0v) is 15.7. The standard InChI is InChI=1S/C18H24N4O3S/c1-13-15(17(24)20-18(25)19-13)5-6-16(23)22-8-3-7-21(9-10-22)12-14-4-2-11-26-14/h2,4,11H,3,5-10,12H2,1H3,(H2,19,20,24,25). The maximum Gasteiger partial charge on any atom is 0.325 e. The maximum atomic E-state index is 12.6. The number of hydrogen-bond acceptors (Lipinski definition) is 5. The minimum atomic E-state index is -0.513. The van der Waals surface area contributed by atoms with E-state index in [0.29, 0.717) is 24.2 Å². The summed E-state index contributed by atoms with van der Waals surface area (Å²) in [6.45, 7) is 5.94. The largest absolute Gasteiger partial charge is 0.341 e. The van der Waals surface area contributed by atoms with Gasteiger partial charge in [-0.25, -0.2) is 4.79 Å². The lowest BCUT2D eigenvalue weighted by Crippen LogP contribution is -2.35. The molecule has 1 aliphatic heterocycles. The molecule has 1 aliphatic rings. The molecule has 2 aromatic heterocycles. The van der Waals surface area contributed by atoms with E-state index < -0.39 is 11.2 Å². The van der Waals surface area contributed by atoms with Gasteiger partial charge >= 0.3 is 5.69 Å². The van der Waals surface area contributed by atoms with E-state index in [2.05, 4.69) is 32.4 Å². The van der Waals surface area contributed by atoms with Crippen LogP contribution in [0.25, 0.3) is 0 Å². The van der Waals surface area contributed by atoms with E-state index in [1.165, 1.54) is 4.88 Å². The van der Waals surface area contributed by atoms with Crippen molar-refractivity contribution >= 4 is 17.2 Å². The second-order valence-corrected chi connectivity index (χ2v) is 7.63. The number of nitrogens with zero attached hydrogens (tertiary/aromatic N) is 2.